The lowest BCUT2D eigenvalue weighted by molar-refractivity contribution is 0.212. The number of anilines is 1. The first-order chi connectivity index (χ1) is 10.2. The first-order valence-electron chi connectivity index (χ1n) is 7.27. The molecule has 0 aliphatic rings. The van der Waals surface area contributed by atoms with Gasteiger partial charge in [0.2, 0.25) is 0 Å². The molecule has 2 rings (SSSR count). The number of nitrogens with zero attached hydrogens (tertiary/aromatic N) is 3. The van der Waals surface area contributed by atoms with Gasteiger partial charge >= 0.3 is 0 Å². The molecular formula is C14H25N5OS. The maximum atomic E-state index is 8.75. The Balaban J connectivity index is 0.000000222. The molecule has 0 bridgehead atoms. The second-order valence-corrected chi connectivity index (χ2v) is 5.57. The van der Waals surface area contributed by atoms with Crippen molar-refractivity contribution in [1.29, 1.82) is 0 Å². The van der Waals surface area contributed by atoms with Crippen molar-refractivity contribution < 1.29 is 5.11 Å². The summed E-state index contributed by atoms with van der Waals surface area (Å²) in [7, 11) is 0. The molecule has 0 amide bonds. The van der Waals surface area contributed by atoms with E-state index in [1.165, 1.54) is 31.0 Å². The molecule has 4 N–H and O–H groups in total. The summed E-state index contributed by atoms with van der Waals surface area (Å²) < 4.78 is 0. The number of aliphatic hydroxyl groups is 1. The van der Waals surface area contributed by atoms with Gasteiger partial charge in [-0.2, -0.15) is 0 Å². The van der Waals surface area contributed by atoms with Gasteiger partial charge in [-0.05, 0) is 18.6 Å². The van der Waals surface area contributed by atoms with Gasteiger partial charge in [-0.15, -0.1) is 0 Å². The molecule has 0 saturated carbocycles. The lowest BCUT2D eigenvalue weighted by Crippen LogP contribution is -2.03. The number of aromatic amines is 1. The average molecular weight is 311 g/mol. The molecule has 7 heteroatoms. The summed E-state index contributed by atoms with van der Waals surface area (Å²) in [6.07, 6.45) is 8.28. The third kappa shape index (κ3) is 5.51. The van der Waals surface area contributed by atoms with Crippen LogP contribution in [0.1, 0.15) is 39.5 Å². The summed E-state index contributed by atoms with van der Waals surface area (Å²) in [4.78, 5) is 15.1. The Morgan fingerprint density at radius 3 is 2.71 bits per heavy atom. The number of nitrogens with two attached hydrogens (primary N) is 1. The van der Waals surface area contributed by atoms with Crippen molar-refractivity contribution in [3.8, 4) is 0 Å². The van der Waals surface area contributed by atoms with Crippen LogP contribution in [0.2, 0.25) is 0 Å². The van der Waals surface area contributed by atoms with Crippen LogP contribution in [0.4, 0.5) is 5.82 Å². The van der Waals surface area contributed by atoms with Crippen LogP contribution in [0.15, 0.2) is 11.5 Å². The molecule has 0 radical (unpaired) electrons. The Bertz CT molecular complexity index is 527. The summed E-state index contributed by atoms with van der Waals surface area (Å²) in [5.74, 6) is 1.01. The number of nitrogen functional groups attached to an aromatic ring is 1. The van der Waals surface area contributed by atoms with Gasteiger partial charge in [-0.3, -0.25) is 0 Å². The van der Waals surface area contributed by atoms with E-state index in [2.05, 4.69) is 33.8 Å². The van der Waals surface area contributed by atoms with Crippen molar-refractivity contribution in [3.05, 3.63) is 6.33 Å². The first kappa shape index (κ1) is 17.7. The highest BCUT2D eigenvalue weighted by Gasteiger charge is 2.05. The summed E-state index contributed by atoms with van der Waals surface area (Å²) in [6.45, 7) is 4.69. The molecule has 0 aliphatic carbocycles. The number of thioether (sulfide) groups is 1. The highest BCUT2D eigenvalue weighted by Crippen LogP contribution is 2.17. The maximum absolute atomic E-state index is 8.75. The van der Waals surface area contributed by atoms with Crippen molar-refractivity contribution in [2.75, 3.05) is 18.6 Å². The van der Waals surface area contributed by atoms with Gasteiger partial charge in [0.25, 0.3) is 0 Å². The SMILES string of the molecule is CCCCC(CC)CO.CSc1nc(N)c2[nH]cnc2n1. The number of hydrogen-bond acceptors (Lipinski definition) is 6. The van der Waals surface area contributed by atoms with Gasteiger partial charge < -0.3 is 15.8 Å². The van der Waals surface area contributed by atoms with Crippen LogP contribution in [0, 0.1) is 5.92 Å². The monoisotopic (exact) mass is 311 g/mol. The molecule has 0 aliphatic heterocycles. The molecule has 6 nitrogen and oxygen atoms in total. The number of unbranched alkanes of at least 4 members (excludes halogenated alkanes) is 1. The van der Waals surface area contributed by atoms with Crippen molar-refractivity contribution in [2.45, 2.75) is 44.7 Å². The number of fused-ring (bicyclic) bond motifs is 1. The second-order valence-electron chi connectivity index (χ2n) is 4.80. The molecule has 0 aromatic carbocycles. The fourth-order valence-corrected chi connectivity index (χ4v) is 2.21. The van der Waals surface area contributed by atoms with E-state index in [1.54, 1.807) is 6.33 Å². The van der Waals surface area contributed by atoms with Crippen molar-refractivity contribution >= 4 is 28.7 Å². The van der Waals surface area contributed by atoms with E-state index in [9.17, 15) is 0 Å². The van der Waals surface area contributed by atoms with Crippen LogP contribution in [-0.4, -0.2) is 37.9 Å². The number of rotatable bonds is 6. The molecular weight excluding hydrogens is 286 g/mol. The van der Waals surface area contributed by atoms with E-state index in [0.717, 1.165) is 6.42 Å². The standard InChI is InChI=1S/C8H18O.C6H7N5S/c1-3-5-6-8(4-2)7-9;1-12-6-10-4(7)3-5(11-6)9-2-8-3/h8-9H,3-7H2,1-2H3;2H,1H3,(H3,7,8,9,10,11). The minimum atomic E-state index is 0.372. The van der Waals surface area contributed by atoms with E-state index < -0.39 is 0 Å². The predicted molar refractivity (Wildman–Crippen MR) is 88.3 cm³/mol. The summed E-state index contributed by atoms with van der Waals surface area (Å²) in [6, 6.07) is 0. The molecule has 118 valence electrons. The molecule has 21 heavy (non-hydrogen) atoms. The zero-order chi connectivity index (χ0) is 15.7. The van der Waals surface area contributed by atoms with Crippen molar-refractivity contribution in [2.24, 2.45) is 5.92 Å². The van der Waals surface area contributed by atoms with Crippen LogP contribution in [0.5, 0.6) is 0 Å². The fourth-order valence-electron chi connectivity index (χ4n) is 1.84. The van der Waals surface area contributed by atoms with Crippen LogP contribution in [0.3, 0.4) is 0 Å². The fraction of sp³-hybridized carbons (Fsp3) is 0.643. The zero-order valence-corrected chi connectivity index (χ0v) is 13.8. The second kappa shape index (κ2) is 9.57. The number of aliphatic hydroxyl groups excluding tert-OH is 1. The summed E-state index contributed by atoms with van der Waals surface area (Å²) in [5.41, 5.74) is 6.96. The van der Waals surface area contributed by atoms with Crippen molar-refractivity contribution in [1.82, 2.24) is 19.9 Å². The maximum Gasteiger partial charge on any atom is 0.191 e. The molecule has 0 spiro atoms. The Morgan fingerprint density at radius 1 is 1.38 bits per heavy atom. The number of hydrogen-bond donors (Lipinski definition) is 3. The Kier molecular flexibility index (Phi) is 8.07. The number of nitrogens with one attached hydrogen (secondary N) is 1. The predicted octanol–water partition coefficient (Wildman–Crippen LogP) is 2.85. The van der Waals surface area contributed by atoms with Crippen molar-refractivity contribution in [3.63, 3.8) is 0 Å². The Hall–Kier alpha value is -1.34. The molecule has 2 aromatic heterocycles. The van der Waals surface area contributed by atoms with E-state index >= 15 is 0 Å². The molecule has 1 atom stereocenters. The minimum absolute atomic E-state index is 0.372. The number of imidazole rings is 1. The van der Waals surface area contributed by atoms with E-state index in [1.807, 2.05) is 6.26 Å². The Labute approximate surface area is 130 Å². The summed E-state index contributed by atoms with van der Waals surface area (Å²) >= 11 is 1.45. The largest absolute Gasteiger partial charge is 0.396 e. The van der Waals surface area contributed by atoms with Gasteiger partial charge in [0.15, 0.2) is 16.6 Å². The van der Waals surface area contributed by atoms with Gasteiger partial charge in [0, 0.05) is 6.61 Å². The molecule has 0 saturated heterocycles. The Morgan fingerprint density at radius 2 is 2.14 bits per heavy atom. The van der Waals surface area contributed by atoms with Crippen LogP contribution < -0.4 is 5.73 Å². The first-order valence-corrected chi connectivity index (χ1v) is 8.50. The van der Waals surface area contributed by atoms with E-state index in [-0.39, 0.29) is 0 Å². The van der Waals surface area contributed by atoms with Gasteiger partial charge in [0.1, 0.15) is 5.52 Å². The normalized spacial score (nSPS) is 12.0. The molecule has 0 fully saturated rings. The summed E-state index contributed by atoms with van der Waals surface area (Å²) in [5, 5.41) is 9.40. The molecule has 1 unspecified atom stereocenters. The lowest BCUT2D eigenvalue weighted by Gasteiger charge is -2.08. The topological polar surface area (TPSA) is 101 Å². The van der Waals surface area contributed by atoms with Gasteiger partial charge in [-0.25, -0.2) is 15.0 Å². The van der Waals surface area contributed by atoms with Crippen LogP contribution in [-0.2, 0) is 0 Å². The van der Waals surface area contributed by atoms with E-state index in [0.29, 0.717) is 34.7 Å². The third-order valence-electron chi connectivity index (χ3n) is 3.28. The van der Waals surface area contributed by atoms with Crippen LogP contribution in [0.25, 0.3) is 11.2 Å². The highest BCUT2D eigenvalue weighted by atomic mass is 32.2. The minimum Gasteiger partial charge on any atom is -0.396 e. The number of aromatic nitrogens is 4. The zero-order valence-electron chi connectivity index (χ0n) is 13.0. The van der Waals surface area contributed by atoms with Gasteiger partial charge in [0.05, 0.1) is 6.33 Å². The number of H-pyrrole nitrogens is 1. The quantitative estimate of drug-likeness (QED) is 0.560. The highest BCUT2D eigenvalue weighted by molar-refractivity contribution is 7.98. The average Bonchev–Trinajstić information content (AvgIpc) is 2.98. The van der Waals surface area contributed by atoms with E-state index in [4.69, 9.17) is 10.8 Å². The van der Waals surface area contributed by atoms with Crippen LogP contribution >= 0.6 is 11.8 Å². The smallest absolute Gasteiger partial charge is 0.191 e. The molecule has 2 aromatic rings. The third-order valence-corrected chi connectivity index (χ3v) is 3.82. The van der Waals surface area contributed by atoms with Gasteiger partial charge in [-0.1, -0.05) is 44.9 Å². The molecule has 2 heterocycles. The lowest BCUT2D eigenvalue weighted by atomic mass is 10.0.